The molecule has 0 N–H and O–H groups in total. The molecule has 6 nitrogen and oxygen atoms in total. The number of hydrogen-bond donors (Lipinski definition) is 0. The molecule has 2 rings (SSSR count). The van der Waals surface area contributed by atoms with Gasteiger partial charge in [-0.25, -0.2) is 9.67 Å². The van der Waals surface area contributed by atoms with Gasteiger partial charge in [-0.3, -0.25) is 10.1 Å². The van der Waals surface area contributed by atoms with Crippen LogP contribution in [-0.4, -0.2) is 19.7 Å². The normalized spacial score (nSPS) is 10.7. The predicted molar refractivity (Wildman–Crippen MR) is 74.5 cm³/mol. The second-order valence-corrected chi connectivity index (χ2v) is 4.87. The van der Waals surface area contributed by atoms with Crippen LogP contribution >= 0.6 is 15.9 Å². The quantitative estimate of drug-likeness (QED) is 0.640. The minimum Gasteiger partial charge on any atom is -0.258 e. The summed E-state index contributed by atoms with van der Waals surface area (Å²) in [4.78, 5) is 15.1. The molecule has 0 bridgehead atoms. The molecule has 0 saturated heterocycles. The van der Waals surface area contributed by atoms with Crippen molar-refractivity contribution in [3.8, 4) is 5.69 Å². The SMILES string of the molecule is CCc1nc(CC)n(-c2ccc(Br)cc2[N+](=O)[O-])n1. The molecule has 0 aliphatic carbocycles. The summed E-state index contributed by atoms with van der Waals surface area (Å²) in [5, 5.41) is 15.5. The van der Waals surface area contributed by atoms with Gasteiger partial charge in [0.15, 0.2) is 5.82 Å². The van der Waals surface area contributed by atoms with Crippen molar-refractivity contribution in [3.05, 3.63) is 44.4 Å². The molecule has 19 heavy (non-hydrogen) atoms. The van der Waals surface area contributed by atoms with Gasteiger partial charge in [-0.05, 0) is 12.1 Å². The lowest BCUT2D eigenvalue weighted by Crippen LogP contribution is -2.05. The number of benzene rings is 1. The number of nitro groups is 1. The van der Waals surface area contributed by atoms with Crippen LogP contribution in [0, 0.1) is 10.1 Å². The fourth-order valence-electron chi connectivity index (χ4n) is 1.79. The molecule has 0 fully saturated rings. The van der Waals surface area contributed by atoms with Crippen molar-refractivity contribution < 1.29 is 4.92 Å². The minimum atomic E-state index is -0.410. The highest BCUT2D eigenvalue weighted by Crippen LogP contribution is 2.27. The first-order valence-corrected chi connectivity index (χ1v) is 6.75. The van der Waals surface area contributed by atoms with Gasteiger partial charge in [0.25, 0.3) is 5.69 Å². The number of aromatic nitrogens is 3. The Morgan fingerprint density at radius 2 is 2.11 bits per heavy atom. The van der Waals surface area contributed by atoms with Crippen molar-refractivity contribution in [2.45, 2.75) is 26.7 Å². The lowest BCUT2D eigenvalue weighted by atomic mass is 10.2. The minimum absolute atomic E-state index is 0.0108. The highest BCUT2D eigenvalue weighted by atomic mass is 79.9. The molecule has 7 heteroatoms. The largest absolute Gasteiger partial charge is 0.296 e. The molecule has 0 spiro atoms. The van der Waals surface area contributed by atoms with Crippen LogP contribution in [-0.2, 0) is 12.8 Å². The summed E-state index contributed by atoms with van der Waals surface area (Å²) in [6, 6.07) is 4.91. The van der Waals surface area contributed by atoms with Crippen LogP contribution in [0.5, 0.6) is 0 Å². The molecule has 0 aliphatic rings. The third kappa shape index (κ3) is 2.65. The molecule has 0 atom stereocenters. The standard InChI is InChI=1S/C12H13BrN4O2/c1-3-11-14-12(4-2)16(15-11)9-6-5-8(13)7-10(9)17(18)19/h5-7H,3-4H2,1-2H3. The summed E-state index contributed by atoms with van der Waals surface area (Å²) in [6.45, 7) is 3.90. The molecule has 0 unspecified atom stereocenters. The van der Waals surface area contributed by atoms with E-state index in [0.717, 1.165) is 5.82 Å². The van der Waals surface area contributed by atoms with E-state index >= 15 is 0 Å². The van der Waals surface area contributed by atoms with Crippen molar-refractivity contribution in [3.63, 3.8) is 0 Å². The third-order valence-corrected chi connectivity index (χ3v) is 3.21. The maximum Gasteiger partial charge on any atom is 0.296 e. The average Bonchev–Trinajstić information content (AvgIpc) is 2.81. The number of halogens is 1. The van der Waals surface area contributed by atoms with E-state index in [-0.39, 0.29) is 5.69 Å². The molecule has 1 aromatic heterocycles. The topological polar surface area (TPSA) is 73.8 Å². The van der Waals surface area contributed by atoms with Crippen molar-refractivity contribution in [2.24, 2.45) is 0 Å². The van der Waals surface area contributed by atoms with E-state index in [1.54, 1.807) is 16.8 Å². The highest BCUT2D eigenvalue weighted by Gasteiger charge is 2.19. The van der Waals surface area contributed by atoms with E-state index < -0.39 is 4.92 Å². The van der Waals surface area contributed by atoms with Gasteiger partial charge in [0.2, 0.25) is 0 Å². The van der Waals surface area contributed by atoms with Gasteiger partial charge < -0.3 is 0 Å². The molecule has 100 valence electrons. The van der Waals surface area contributed by atoms with Crippen LogP contribution in [0.25, 0.3) is 5.69 Å². The van der Waals surface area contributed by atoms with Crippen LogP contribution in [0.2, 0.25) is 0 Å². The molecular formula is C12H13BrN4O2. The number of hydrogen-bond acceptors (Lipinski definition) is 4. The van der Waals surface area contributed by atoms with Crippen LogP contribution in [0.3, 0.4) is 0 Å². The smallest absolute Gasteiger partial charge is 0.258 e. The van der Waals surface area contributed by atoms with Crippen LogP contribution in [0.4, 0.5) is 5.69 Å². The Bertz CT molecular complexity index is 624. The second-order valence-electron chi connectivity index (χ2n) is 3.95. The molecule has 0 radical (unpaired) electrons. The first kappa shape index (κ1) is 13.7. The third-order valence-electron chi connectivity index (χ3n) is 2.71. The zero-order valence-electron chi connectivity index (χ0n) is 10.6. The summed E-state index contributed by atoms with van der Waals surface area (Å²) in [6.07, 6.45) is 1.37. The molecule has 0 amide bonds. The van der Waals surface area contributed by atoms with Gasteiger partial charge >= 0.3 is 0 Å². The van der Waals surface area contributed by atoms with E-state index in [0.29, 0.717) is 28.8 Å². The van der Waals surface area contributed by atoms with Crippen molar-refractivity contribution in [1.29, 1.82) is 0 Å². The van der Waals surface area contributed by atoms with Crippen LogP contribution < -0.4 is 0 Å². The fourth-order valence-corrected chi connectivity index (χ4v) is 2.13. The van der Waals surface area contributed by atoms with Gasteiger partial charge in [-0.2, -0.15) is 5.10 Å². The van der Waals surface area contributed by atoms with E-state index in [1.165, 1.54) is 6.07 Å². The lowest BCUT2D eigenvalue weighted by molar-refractivity contribution is -0.384. The Kier molecular flexibility index (Phi) is 3.94. The van der Waals surface area contributed by atoms with Gasteiger partial charge in [-0.15, -0.1) is 0 Å². The Labute approximate surface area is 118 Å². The number of aryl methyl sites for hydroxylation is 2. The Morgan fingerprint density at radius 1 is 1.37 bits per heavy atom. The van der Waals surface area contributed by atoms with Gasteiger partial charge in [-0.1, -0.05) is 29.8 Å². The van der Waals surface area contributed by atoms with E-state index in [2.05, 4.69) is 26.0 Å². The molecule has 0 saturated carbocycles. The lowest BCUT2D eigenvalue weighted by Gasteiger charge is -2.05. The monoisotopic (exact) mass is 324 g/mol. The fraction of sp³-hybridized carbons (Fsp3) is 0.333. The van der Waals surface area contributed by atoms with E-state index in [1.807, 2.05) is 13.8 Å². The summed E-state index contributed by atoms with van der Waals surface area (Å²) < 4.78 is 2.22. The summed E-state index contributed by atoms with van der Waals surface area (Å²) in [7, 11) is 0. The number of nitro benzene ring substituents is 1. The molecule has 2 aromatic rings. The van der Waals surface area contributed by atoms with Crippen molar-refractivity contribution >= 4 is 21.6 Å². The van der Waals surface area contributed by atoms with Gasteiger partial charge in [0.05, 0.1) is 4.92 Å². The highest BCUT2D eigenvalue weighted by molar-refractivity contribution is 9.10. The van der Waals surface area contributed by atoms with Crippen molar-refractivity contribution in [2.75, 3.05) is 0 Å². The van der Waals surface area contributed by atoms with Crippen LogP contribution in [0.1, 0.15) is 25.5 Å². The summed E-state index contributed by atoms with van der Waals surface area (Å²) in [5.41, 5.74) is 0.453. The summed E-state index contributed by atoms with van der Waals surface area (Å²) in [5.74, 6) is 1.41. The molecule has 1 heterocycles. The molecular weight excluding hydrogens is 312 g/mol. The van der Waals surface area contributed by atoms with Gasteiger partial charge in [0.1, 0.15) is 11.5 Å². The zero-order chi connectivity index (χ0) is 14.0. The first-order valence-electron chi connectivity index (χ1n) is 5.96. The van der Waals surface area contributed by atoms with E-state index in [4.69, 9.17) is 0 Å². The Morgan fingerprint density at radius 3 is 2.68 bits per heavy atom. The number of rotatable bonds is 4. The maximum absolute atomic E-state index is 11.1. The van der Waals surface area contributed by atoms with Gasteiger partial charge in [0, 0.05) is 23.4 Å². The van der Waals surface area contributed by atoms with Crippen LogP contribution in [0.15, 0.2) is 22.7 Å². The van der Waals surface area contributed by atoms with Crippen molar-refractivity contribution in [1.82, 2.24) is 14.8 Å². The molecule has 1 aromatic carbocycles. The Hall–Kier alpha value is -1.76. The summed E-state index contributed by atoms with van der Waals surface area (Å²) >= 11 is 3.24. The zero-order valence-corrected chi connectivity index (χ0v) is 12.2. The predicted octanol–water partition coefficient (Wildman–Crippen LogP) is 3.06. The second kappa shape index (κ2) is 5.48. The Balaban J connectivity index is 2.64. The van der Waals surface area contributed by atoms with E-state index in [9.17, 15) is 10.1 Å². The average molecular weight is 325 g/mol. The maximum atomic E-state index is 11.1. The first-order chi connectivity index (χ1) is 9.06. The molecule has 0 aliphatic heterocycles. The number of nitrogens with zero attached hydrogens (tertiary/aromatic N) is 4.